The van der Waals surface area contributed by atoms with Gasteiger partial charge in [-0.15, -0.1) is 0 Å². The van der Waals surface area contributed by atoms with Gasteiger partial charge in [-0.1, -0.05) is 28.1 Å². The quantitative estimate of drug-likeness (QED) is 0.883. The average molecular weight is 308 g/mol. The van der Waals surface area contributed by atoms with Crippen LogP contribution in [0, 0.1) is 0 Å². The topological polar surface area (TPSA) is 49.0 Å². The molecule has 1 amide bonds. The molecule has 5 heteroatoms. The Bertz CT molecular complexity index is 508. The van der Waals surface area contributed by atoms with Gasteiger partial charge in [0, 0.05) is 30.3 Å². The molecule has 0 saturated carbocycles. The molecule has 0 radical (unpaired) electrons. The van der Waals surface area contributed by atoms with Crippen LogP contribution in [0.4, 0.5) is 0 Å². The van der Waals surface area contributed by atoms with Crippen molar-refractivity contribution in [3.05, 3.63) is 53.6 Å². The molecule has 0 unspecified atom stereocenters. The number of aromatic amines is 1. The van der Waals surface area contributed by atoms with Gasteiger partial charge in [0.1, 0.15) is 5.82 Å². The van der Waals surface area contributed by atoms with E-state index in [1.54, 1.807) is 24.3 Å². The van der Waals surface area contributed by atoms with Gasteiger partial charge in [-0.2, -0.15) is 0 Å². The summed E-state index contributed by atoms with van der Waals surface area (Å²) in [5, 5.41) is 0.795. The molecule has 0 aliphatic heterocycles. The van der Waals surface area contributed by atoms with Crippen LogP contribution < -0.4 is 0 Å². The van der Waals surface area contributed by atoms with Gasteiger partial charge in [0.05, 0.1) is 6.54 Å². The second kappa shape index (κ2) is 5.82. The van der Waals surface area contributed by atoms with Crippen molar-refractivity contribution in [3.8, 4) is 0 Å². The predicted octanol–water partition coefficient (Wildman–Crippen LogP) is 2.58. The fourth-order valence-corrected chi connectivity index (χ4v) is 2.01. The molecule has 18 heavy (non-hydrogen) atoms. The molecule has 1 aromatic carbocycles. The monoisotopic (exact) mass is 307 g/mol. The van der Waals surface area contributed by atoms with E-state index in [2.05, 4.69) is 25.9 Å². The number of amides is 1. The first kappa shape index (κ1) is 12.8. The summed E-state index contributed by atoms with van der Waals surface area (Å²) in [7, 11) is 1.77. The Labute approximate surface area is 114 Å². The molecule has 2 rings (SSSR count). The highest BCUT2D eigenvalue weighted by Crippen LogP contribution is 2.10. The standard InChI is InChI=1S/C13H14BrN3O/c1-17(9-12-15-6-7-16-12)13(18)11-4-2-10(8-14)3-5-11/h2-7H,8-9H2,1H3,(H,15,16). The lowest BCUT2D eigenvalue weighted by Crippen LogP contribution is -2.26. The van der Waals surface area contributed by atoms with E-state index in [4.69, 9.17) is 0 Å². The summed E-state index contributed by atoms with van der Waals surface area (Å²) in [5.41, 5.74) is 1.84. The van der Waals surface area contributed by atoms with Gasteiger partial charge in [-0.05, 0) is 17.7 Å². The molecule has 1 N–H and O–H groups in total. The zero-order valence-corrected chi connectivity index (χ0v) is 11.6. The van der Waals surface area contributed by atoms with Gasteiger partial charge < -0.3 is 9.88 Å². The highest BCUT2D eigenvalue weighted by Gasteiger charge is 2.12. The van der Waals surface area contributed by atoms with Gasteiger partial charge >= 0.3 is 0 Å². The summed E-state index contributed by atoms with van der Waals surface area (Å²) < 4.78 is 0. The number of hydrogen-bond acceptors (Lipinski definition) is 2. The molecule has 94 valence electrons. The Morgan fingerprint density at radius 1 is 1.39 bits per heavy atom. The molecule has 1 aromatic heterocycles. The van der Waals surface area contributed by atoms with E-state index in [1.807, 2.05) is 24.3 Å². The summed E-state index contributed by atoms with van der Waals surface area (Å²) in [6.07, 6.45) is 3.43. The van der Waals surface area contributed by atoms with E-state index < -0.39 is 0 Å². The highest BCUT2D eigenvalue weighted by molar-refractivity contribution is 9.08. The lowest BCUT2D eigenvalue weighted by molar-refractivity contribution is 0.0782. The minimum Gasteiger partial charge on any atom is -0.347 e. The second-order valence-electron chi connectivity index (χ2n) is 4.03. The van der Waals surface area contributed by atoms with Crippen molar-refractivity contribution in [2.45, 2.75) is 11.9 Å². The molecule has 2 aromatic rings. The van der Waals surface area contributed by atoms with Crippen LogP contribution in [0.3, 0.4) is 0 Å². The molecular weight excluding hydrogens is 294 g/mol. The Kier molecular flexibility index (Phi) is 4.15. The van der Waals surface area contributed by atoms with Gasteiger partial charge in [0.2, 0.25) is 0 Å². The maximum atomic E-state index is 12.1. The highest BCUT2D eigenvalue weighted by atomic mass is 79.9. The Morgan fingerprint density at radius 2 is 2.11 bits per heavy atom. The van der Waals surface area contributed by atoms with Gasteiger partial charge in [0.25, 0.3) is 5.91 Å². The molecule has 0 saturated heterocycles. The third kappa shape index (κ3) is 2.98. The number of carbonyl (C=O) groups is 1. The fraction of sp³-hybridized carbons (Fsp3) is 0.231. The number of aromatic nitrogens is 2. The summed E-state index contributed by atoms with van der Waals surface area (Å²) >= 11 is 3.38. The molecule has 0 atom stereocenters. The number of nitrogens with zero attached hydrogens (tertiary/aromatic N) is 2. The van der Waals surface area contributed by atoms with Gasteiger partial charge in [-0.3, -0.25) is 4.79 Å². The number of nitrogens with one attached hydrogen (secondary N) is 1. The molecule has 0 spiro atoms. The average Bonchev–Trinajstić information content (AvgIpc) is 2.91. The number of alkyl halides is 1. The normalized spacial score (nSPS) is 10.3. The van der Waals surface area contributed by atoms with Crippen molar-refractivity contribution in [2.24, 2.45) is 0 Å². The Morgan fingerprint density at radius 3 is 2.67 bits per heavy atom. The number of H-pyrrole nitrogens is 1. The van der Waals surface area contributed by atoms with Crippen LogP contribution in [0.1, 0.15) is 21.7 Å². The van der Waals surface area contributed by atoms with E-state index in [-0.39, 0.29) is 5.91 Å². The van der Waals surface area contributed by atoms with Crippen LogP contribution >= 0.6 is 15.9 Å². The van der Waals surface area contributed by atoms with E-state index in [1.165, 1.54) is 0 Å². The van der Waals surface area contributed by atoms with Crippen molar-refractivity contribution >= 4 is 21.8 Å². The molecular formula is C13H14BrN3O. The van der Waals surface area contributed by atoms with E-state index >= 15 is 0 Å². The lowest BCUT2D eigenvalue weighted by Gasteiger charge is -2.15. The van der Waals surface area contributed by atoms with Crippen LogP contribution in [0.15, 0.2) is 36.7 Å². The largest absolute Gasteiger partial charge is 0.347 e. The molecule has 1 heterocycles. The zero-order chi connectivity index (χ0) is 13.0. The zero-order valence-electron chi connectivity index (χ0n) is 10.1. The van der Waals surface area contributed by atoms with Gasteiger partial charge in [-0.25, -0.2) is 4.98 Å². The summed E-state index contributed by atoms with van der Waals surface area (Å²) in [6, 6.07) is 7.58. The number of imidazole rings is 1. The Balaban J connectivity index is 2.05. The van der Waals surface area contributed by atoms with Crippen molar-refractivity contribution in [3.63, 3.8) is 0 Å². The SMILES string of the molecule is CN(Cc1ncc[nH]1)C(=O)c1ccc(CBr)cc1. The first-order valence-electron chi connectivity index (χ1n) is 5.59. The second-order valence-corrected chi connectivity index (χ2v) is 4.59. The minimum atomic E-state index is -0.00692. The first-order valence-corrected chi connectivity index (χ1v) is 6.71. The van der Waals surface area contributed by atoms with Crippen molar-refractivity contribution in [1.82, 2.24) is 14.9 Å². The molecule has 0 fully saturated rings. The van der Waals surface area contributed by atoms with Crippen molar-refractivity contribution in [2.75, 3.05) is 7.05 Å². The Hall–Kier alpha value is -1.62. The summed E-state index contributed by atoms with van der Waals surface area (Å²) in [5.74, 6) is 0.774. The maximum Gasteiger partial charge on any atom is 0.253 e. The lowest BCUT2D eigenvalue weighted by atomic mass is 10.1. The smallest absolute Gasteiger partial charge is 0.253 e. The molecule has 0 aliphatic carbocycles. The van der Waals surface area contributed by atoms with E-state index in [9.17, 15) is 4.79 Å². The molecule has 0 bridgehead atoms. The number of benzene rings is 1. The number of carbonyl (C=O) groups excluding carboxylic acids is 1. The van der Waals surface area contributed by atoms with E-state index in [0.29, 0.717) is 12.1 Å². The first-order chi connectivity index (χ1) is 8.70. The fourth-order valence-electron chi connectivity index (χ4n) is 1.64. The van der Waals surface area contributed by atoms with E-state index in [0.717, 1.165) is 16.7 Å². The van der Waals surface area contributed by atoms with Crippen LogP contribution in [0.5, 0.6) is 0 Å². The summed E-state index contributed by atoms with van der Waals surface area (Å²) in [6.45, 7) is 0.478. The third-order valence-electron chi connectivity index (χ3n) is 2.64. The van der Waals surface area contributed by atoms with Crippen LogP contribution in [0.25, 0.3) is 0 Å². The van der Waals surface area contributed by atoms with Crippen LogP contribution in [0.2, 0.25) is 0 Å². The van der Waals surface area contributed by atoms with Crippen molar-refractivity contribution < 1.29 is 4.79 Å². The molecule has 0 aliphatic rings. The maximum absolute atomic E-state index is 12.1. The number of hydrogen-bond donors (Lipinski definition) is 1. The van der Waals surface area contributed by atoms with Crippen LogP contribution in [-0.4, -0.2) is 27.8 Å². The third-order valence-corrected chi connectivity index (χ3v) is 3.29. The molecule has 4 nitrogen and oxygen atoms in total. The van der Waals surface area contributed by atoms with Crippen LogP contribution in [-0.2, 0) is 11.9 Å². The summed E-state index contributed by atoms with van der Waals surface area (Å²) in [4.78, 5) is 20.9. The minimum absolute atomic E-state index is 0.00692. The predicted molar refractivity (Wildman–Crippen MR) is 73.5 cm³/mol. The van der Waals surface area contributed by atoms with Crippen molar-refractivity contribution in [1.29, 1.82) is 0 Å². The number of halogens is 1. The number of rotatable bonds is 4. The van der Waals surface area contributed by atoms with Gasteiger partial charge in [0.15, 0.2) is 0 Å².